The van der Waals surface area contributed by atoms with Gasteiger partial charge < -0.3 is 14.1 Å². The third-order valence-electron chi connectivity index (χ3n) is 3.94. The van der Waals surface area contributed by atoms with Gasteiger partial charge in [-0.2, -0.15) is 0 Å². The van der Waals surface area contributed by atoms with Crippen molar-refractivity contribution in [2.45, 2.75) is 52.2 Å². The minimum absolute atomic E-state index is 0.306. The van der Waals surface area contributed by atoms with Gasteiger partial charge in [0.25, 0.3) is 0 Å². The maximum Gasteiger partial charge on any atom is 0.214 e. The topological polar surface area (TPSA) is 51.2 Å². The summed E-state index contributed by atoms with van der Waals surface area (Å²) in [6.07, 6.45) is 5.31. The Labute approximate surface area is 113 Å². The van der Waals surface area contributed by atoms with E-state index >= 15 is 0 Å². The van der Waals surface area contributed by atoms with Gasteiger partial charge in [-0.05, 0) is 32.3 Å². The molecule has 0 amide bonds. The minimum atomic E-state index is -0.306. The van der Waals surface area contributed by atoms with Crippen molar-refractivity contribution in [1.82, 2.24) is 9.55 Å². The monoisotopic (exact) mass is 260 g/mol. The van der Waals surface area contributed by atoms with Crippen LogP contribution in [0.2, 0.25) is 0 Å². The molecule has 0 fully saturated rings. The summed E-state index contributed by atoms with van der Waals surface area (Å²) in [6.45, 7) is 4.80. The third kappa shape index (κ3) is 2.21. The average Bonchev–Trinajstić information content (AvgIpc) is 2.97. The predicted molar refractivity (Wildman–Crippen MR) is 72.0 cm³/mol. The van der Waals surface area contributed by atoms with Crippen LogP contribution in [0.25, 0.3) is 0 Å². The number of aliphatic hydroxyl groups is 1. The van der Waals surface area contributed by atoms with Crippen LogP contribution in [0, 0.1) is 6.92 Å². The van der Waals surface area contributed by atoms with Crippen LogP contribution in [-0.4, -0.2) is 14.7 Å². The van der Waals surface area contributed by atoms with Gasteiger partial charge in [0.05, 0.1) is 18.8 Å². The van der Waals surface area contributed by atoms with E-state index in [0.29, 0.717) is 6.54 Å². The number of oxazole rings is 1. The maximum absolute atomic E-state index is 10.1. The van der Waals surface area contributed by atoms with Gasteiger partial charge in [0.15, 0.2) is 0 Å². The smallest absolute Gasteiger partial charge is 0.214 e. The van der Waals surface area contributed by atoms with Crippen LogP contribution in [0.4, 0.5) is 0 Å². The van der Waals surface area contributed by atoms with Crippen molar-refractivity contribution in [3.8, 4) is 0 Å². The van der Waals surface area contributed by atoms with Crippen LogP contribution < -0.4 is 0 Å². The number of hydrogen-bond donors (Lipinski definition) is 1. The molecule has 4 nitrogen and oxygen atoms in total. The van der Waals surface area contributed by atoms with E-state index in [4.69, 9.17) is 4.42 Å². The van der Waals surface area contributed by atoms with Crippen molar-refractivity contribution in [2.24, 2.45) is 0 Å². The van der Waals surface area contributed by atoms with E-state index in [1.54, 1.807) is 6.20 Å². The highest BCUT2D eigenvalue weighted by Gasteiger charge is 2.23. The summed E-state index contributed by atoms with van der Waals surface area (Å²) < 4.78 is 7.91. The molecule has 1 aliphatic carbocycles. The van der Waals surface area contributed by atoms with E-state index in [0.717, 1.165) is 42.9 Å². The van der Waals surface area contributed by atoms with Crippen molar-refractivity contribution in [1.29, 1.82) is 0 Å². The molecule has 1 aliphatic rings. The SMILES string of the molecule is CCc1cnc(Cn2c(C)cc3c2CCCC3O)o1. The highest BCUT2D eigenvalue weighted by molar-refractivity contribution is 5.32. The molecule has 0 aliphatic heterocycles. The van der Waals surface area contributed by atoms with Gasteiger partial charge in [-0.1, -0.05) is 6.92 Å². The van der Waals surface area contributed by atoms with Gasteiger partial charge in [-0.3, -0.25) is 0 Å². The molecule has 1 unspecified atom stereocenters. The highest BCUT2D eigenvalue weighted by Crippen LogP contribution is 2.32. The molecule has 0 saturated carbocycles. The first-order valence-electron chi connectivity index (χ1n) is 6.99. The summed E-state index contributed by atoms with van der Waals surface area (Å²) in [6, 6.07) is 2.10. The van der Waals surface area contributed by atoms with E-state index < -0.39 is 0 Å². The Morgan fingerprint density at radius 1 is 1.53 bits per heavy atom. The Morgan fingerprint density at radius 3 is 3.11 bits per heavy atom. The summed E-state index contributed by atoms with van der Waals surface area (Å²) in [5.74, 6) is 1.67. The fourth-order valence-corrected chi connectivity index (χ4v) is 2.88. The fraction of sp³-hybridized carbons (Fsp3) is 0.533. The zero-order chi connectivity index (χ0) is 13.4. The Hall–Kier alpha value is -1.55. The van der Waals surface area contributed by atoms with Crippen molar-refractivity contribution in [2.75, 3.05) is 0 Å². The second-order valence-corrected chi connectivity index (χ2v) is 5.26. The predicted octanol–water partition coefficient (Wildman–Crippen LogP) is 2.76. The summed E-state index contributed by atoms with van der Waals surface area (Å²) in [5, 5.41) is 10.1. The van der Waals surface area contributed by atoms with Gasteiger partial charge in [-0.25, -0.2) is 4.98 Å². The van der Waals surface area contributed by atoms with Crippen LogP contribution in [0.1, 0.15) is 54.5 Å². The van der Waals surface area contributed by atoms with E-state index in [1.807, 2.05) is 0 Å². The second-order valence-electron chi connectivity index (χ2n) is 5.26. The molecule has 19 heavy (non-hydrogen) atoms. The first-order chi connectivity index (χ1) is 9.19. The molecule has 2 aromatic heterocycles. The molecular weight excluding hydrogens is 240 g/mol. The van der Waals surface area contributed by atoms with Crippen LogP contribution in [-0.2, 0) is 19.4 Å². The molecule has 0 radical (unpaired) electrons. The number of aryl methyl sites for hydroxylation is 2. The normalized spacial score (nSPS) is 18.6. The molecule has 102 valence electrons. The minimum Gasteiger partial charge on any atom is -0.444 e. The van der Waals surface area contributed by atoms with E-state index in [2.05, 4.69) is 29.5 Å². The molecule has 2 aromatic rings. The van der Waals surface area contributed by atoms with Crippen molar-refractivity contribution in [3.05, 3.63) is 40.9 Å². The molecule has 0 bridgehead atoms. The molecular formula is C15H20N2O2. The van der Waals surface area contributed by atoms with Gasteiger partial charge in [-0.15, -0.1) is 0 Å². The van der Waals surface area contributed by atoms with E-state index in [-0.39, 0.29) is 6.10 Å². The molecule has 0 aromatic carbocycles. The van der Waals surface area contributed by atoms with Gasteiger partial charge in [0.1, 0.15) is 5.76 Å². The lowest BCUT2D eigenvalue weighted by Gasteiger charge is -2.19. The molecule has 4 heteroatoms. The Balaban J connectivity index is 1.92. The largest absolute Gasteiger partial charge is 0.444 e. The summed E-state index contributed by atoms with van der Waals surface area (Å²) in [7, 11) is 0. The molecule has 1 N–H and O–H groups in total. The Kier molecular flexibility index (Phi) is 3.19. The molecule has 3 rings (SSSR count). The molecule has 2 heterocycles. The second kappa shape index (κ2) is 4.85. The third-order valence-corrected chi connectivity index (χ3v) is 3.94. The summed E-state index contributed by atoms with van der Waals surface area (Å²) in [4.78, 5) is 4.32. The van der Waals surface area contributed by atoms with Crippen LogP contribution >= 0.6 is 0 Å². The average molecular weight is 260 g/mol. The van der Waals surface area contributed by atoms with Crippen molar-refractivity contribution >= 4 is 0 Å². The Bertz CT molecular complexity index is 583. The van der Waals surface area contributed by atoms with Crippen LogP contribution in [0.5, 0.6) is 0 Å². The number of nitrogens with zero attached hydrogens (tertiary/aromatic N) is 2. The van der Waals surface area contributed by atoms with Gasteiger partial charge in [0.2, 0.25) is 5.89 Å². The van der Waals surface area contributed by atoms with Crippen molar-refractivity contribution in [3.63, 3.8) is 0 Å². The lowest BCUT2D eigenvalue weighted by molar-refractivity contribution is 0.155. The first kappa shape index (κ1) is 12.5. The first-order valence-corrected chi connectivity index (χ1v) is 6.99. The highest BCUT2D eigenvalue weighted by atomic mass is 16.4. The summed E-state index contributed by atoms with van der Waals surface area (Å²) in [5.41, 5.74) is 3.50. The molecule has 0 spiro atoms. The van der Waals surface area contributed by atoms with E-state index in [1.165, 1.54) is 11.4 Å². The van der Waals surface area contributed by atoms with Crippen LogP contribution in [0.3, 0.4) is 0 Å². The molecule has 1 atom stereocenters. The zero-order valence-electron chi connectivity index (χ0n) is 11.5. The zero-order valence-corrected chi connectivity index (χ0v) is 11.5. The Morgan fingerprint density at radius 2 is 2.37 bits per heavy atom. The quantitative estimate of drug-likeness (QED) is 0.923. The van der Waals surface area contributed by atoms with Crippen molar-refractivity contribution < 1.29 is 9.52 Å². The molecule has 0 saturated heterocycles. The maximum atomic E-state index is 10.1. The fourth-order valence-electron chi connectivity index (χ4n) is 2.88. The number of fused-ring (bicyclic) bond motifs is 1. The number of aromatic nitrogens is 2. The number of rotatable bonds is 3. The summed E-state index contributed by atoms with van der Waals surface area (Å²) >= 11 is 0. The van der Waals surface area contributed by atoms with Gasteiger partial charge >= 0.3 is 0 Å². The van der Waals surface area contributed by atoms with Gasteiger partial charge in [0, 0.05) is 23.4 Å². The number of aliphatic hydroxyl groups excluding tert-OH is 1. The standard InChI is InChI=1S/C15H20N2O2/c1-3-11-8-16-15(19-11)9-17-10(2)7-12-13(17)5-4-6-14(12)18/h7-8,14,18H,3-6,9H2,1-2H3. The van der Waals surface area contributed by atoms with Crippen LogP contribution in [0.15, 0.2) is 16.7 Å². The lowest BCUT2D eigenvalue weighted by Crippen LogP contribution is -2.13. The number of hydrogen-bond acceptors (Lipinski definition) is 3. The lowest BCUT2D eigenvalue weighted by atomic mass is 9.95. The van der Waals surface area contributed by atoms with E-state index in [9.17, 15) is 5.11 Å².